The highest BCUT2D eigenvalue weighted by Gasteiger charge is 2.31. The summed E-state index contributed by atoms with van der Waals surface area (Å²) in [4.78, 5) is 35.8. The van der Waals surface area contributed by atoms with E-state index in [4.69, 9.17) is 5.73 Å². The average Bonchev–Trinajstić information content (AvgIpc) is 2.38. The number of ketones is 2. The molecule has 0 heterocycles. The first-order chi connectivity index (χ1) is 10.4. The van der Waals surface area contributed by atoms with E-state index in [9.17, 15) is 14.4 Å². The fraction of sp³-hybridized carbons (Fsp3) is 0.833. The average molecular weight is 326 g/mol. The van der Waals surface area contributed by atoms with E-state index in [2.05, 4.69) is 5.32 Å². The van der Waals surface area contributed by atoms with Crippen LogP contribution in [0, 0.1) is 17.3 Å². The van der Waals surface area contributed by atoms with Crippen LogP contribution in [0.1, 0.15) is 67.2 Å². The molecule has 0 aliphatic heterocycles. The Morgan fingerprint density at radius 2 is 1.70 bits per heavy atom. The molecule has 0 aromatic heterocycles. The number of amides is 1. The Labute approximate surface area is 140 Å². The van der Waals surface area contributed by atoms with Gasteiger partial charge in [0.05, 0.1) is 6.04 Å². The summed E-state index contributed by atoms with van der Waals surface area (Å²) in [6.45, 7) is 11.6. The Balaban J connectivity index is 4.75. The third kappa shape index (κ3) is 9.49. The molecular weight excluding hydrogens is 292 g/mol. The number of hydrogen-bond donors (Lipinski definition) is 2. The summed E-state index contributed by atoms with van der Waals surface area (Å²) in [5, 5.41) is 2.72. The minimum Gasteiger partial charge on any atom is -0.356 e. The number of hydrogen-bond acceptors (Lipinski definition) is 4. The lowest BCUT2D eigenvalue weighted by molar-refractivity contribution is -0.134. The van der Waals surface area contributed by atoms with Gasteiger partial charge in [0.25, 0.3) is 0 Å². The van der Waals surface area contributed by atoms with Crippen molar-refractivity contribution in [1.82, 2.24) is 5.32 Å². The quantitative estimate of drug-likeness (QED) is 0.604. The molecule has 5 heteroatoms. The molecule has 0 aromatic rings. The molecule has 0 aliphatic carbocycles. The molecule has 134 valence electrons. The van der Waals surface area contributed by atoms with Crippen LogP contribution >= 0.6 is 0 Å². The van der Waals surface area contributed by atoms with Gasteiger partial charge in [0.15, 0.2) is 0 Å². The third-order valence-electron chi connectivity index (χ3n) is 3.80. The number of Topliss-reactive ketones (excluding diaryl/α,β-unsaturated/α-hetero) is 2. The number of carbonyl (C=O) groups is 3. The van der Waals surface area contributed by atoms with Crippen LogP contribution in [-0.4, -0.2) is 30.1 Å². The van der Waals surface area contributed by atoms with Gasteiger partial charge in [-0.15, -0.1) is 0 Å². The van der Waals surface area contributed by atoms with Crippen molar-refractivity contribution in [2.45, 2.75) is 73.3 Å². The summed E-state index contributed by atoms with van der Waals surface area (Å²) in [5.41, 5.74) is 5.47. The minimum absolute atomic E-state index is 0.0409. The van der Waals surface area contributed by atoms with Gasteiger partial charge in [-0.05, 0) is 25.2 Å². The molecule has 23 heavy (non-hydrogen) atoms. The second-order valence-electron chi connectivity index (χ2n) is 7.84. The van der Waals surface area contributed by atoms with Crippen LogP contribution in [0.15, 0.2) is 0 Å². The van der Waals surface area contributed by atoms with Crippen molar-refractivity contribution in [1.29, 1.82) is 0 Å². The van der Waals surface area contributed by atoms with E-state index in [-0.39, 0.29) is 29.8 Å². The van der Waals surface area contributed by atoms with Crippen molar-refractivity contribution in [3.8, 4) is 0 Å². The SMILES string of the molecule is CC(=O)NCCCC(CC(=O)C(N)CC(C)C)C(=O)C(C)(C)C. The van der Waals surface area contributed by atoms with E-state index >= 15 is 0 Å². The molecule has 0 aromatic carbocycles. The maximum absolute atomic E-state index is 12.6. The summed E-state index contributed by atoms with van der Waals surface area (Å²) < 4.78 is 0. The van der Waals surface area contributed by atoms with Crippen LogP contribution in [0.25, 0.3) is 0 Å². The van der Waals surface area contributed by atoms with Gasteiger partial charge >= 0.3 is 0 Å². The molecule has 0 bridgehead atoms. The summed E-state index contributed by atoms with van der Waals surface area (Å²) in [7, 11) is 0. The van der Waals surface area contributed by atoms with Crippen LogP contribution < -0.4 is 11.1 Å². The zero-order chi connectivity index (χ0) is 18.2. The molecule has 0 radical (unpaired) electrons. The highest BCUT2D eigenvalue weighted by Crippen LogP contribution is 2.26. The maximum atomic E-state index is 12.6. The van der Waals surface area contributed by atoms with E-state index in [0.717, 1.165) is 0 Å². The Morgan fingerprint density at radius 1 is 1.13 bits per heavy atom. The van der Waals surface area contributed by atoms with Crippen molar-refractivity contribution in [3.05, 3.63) is 0 Å². The first-order valence-electron chi connectivity index (χ1n) is 8.52. The fourth-order valence-corrected chi connectivity index (χ4v) is 2.58. The predicted octanol–water partition coefficient (Wildman–Crippen LogP) is 2.47. The largest absolute Gasteiger partial charge is 0.356 e. The van der Waals surface area contributed by atoms with Crippen molar-refractivity contribution < 1.29 is 14.4 Å². The molecule has 0 spiro atoms. The zero-order valence-electron chi connectivity index (χ0n) is 15.6. The fourth-order valence-electron chi connectivity index (χ4n) is 2.58. The Morgan fingerprint density at radius 3 is 2.13 bits per heavy atom. The number of nitrogens with one attached hydrogen (secondary N) is 1. The normalized spacial score (nSPS) is 14.4. The van der Waals surface area contributed by atoms with Gasteiger partial charge in [0.2, 0.25) is 5.91 Å². The maximum Gasteiger partial charge on any atom is 0.216 e. The Bertz CT molecular complexity index is 411. The topological polar surface area (TPSA) is 89.3 Å². The van der Waals surface area contributed by atoms with E-state index < -0.39 is 11.5 Å². The second-order valence-corrected chi connectivity index (χ2v) is 7.84. The molecule has 1 amide bonds. The lowest BCUT2D eigenvalue weighted by Crippen LogP contribution is -2.37. The smallest absolute Gasteiger partial charge is 0.216 e. The van der Waals surface area contributed by atoms with Gasteiger partial charge in [-0.25, -0.2) is 0 Å². The van der Waals surface area contributed by atoms with Crippen LogP contribution in [0.4, 0.5) is 0 Å². The Kier molecular flexibility index (Phi) is 9.28. The van der Waals surface area contributed by atoms with Crippen LogP contribution in [-0.2, 0) is 14.4 Å². The summed E-state index contributed by atoms with van der Waals surface area (Å²) in [6.07, 6.45) is 2.11. The Hall–Kier alpha value is -1.23. The van der Waals surface area contributed by atoms with Crippen molar-refractivity contribution in [2.75, 3.05) is 6.54 Å². The molecule has 0 rings (SSSR count). The van der Waals surface area contributed by atoms with Gasteiger partial charge in [0, 0.05) is 31.2 Å². The molecule has 5 nitrogen and oxygen atoms in total. The van der Waals surface area contributed by atoms with Crippen LogP contribution in [0.3, 0.4) is 0 Å². The van der Waals surface area contributed by atoms with Crippen molar-refractivity contribution >= 4 is 17.5 Å². The first-order valence-corrected chi connectivity index (χ1v) is 8.52. The molecule has 0 aliphatic rings. The lowest BCUT2D eigenvalue weighted by Gasteiger charge is -2.25. The number of nitrogens with two attached hydrogens (primary N) is 1. The van der Waals surface area contributed by atoms with Gasteiger partial charge in [0.1, 0.15) is 11.6 Å². The van der Waals surface area contributed by atoms with Crippen LogP contribution in [0.5, 0.6) is 0 Å². The molecule has 0 saturated carbocycles. The molecule has 2 unspecified atom stereocenters. The van der Waals surface area contributed by atoms with Gasteiger partial charge in [-0.3, -0.25) is 14.4 Å². The highest BCUT2D eigenvalue weighted by atomic mass is 16.1. The zero-order valence-corrected chi connectivity index (χ0v) is 15.6. The van der Waals surface area contributed by atoms with Crippen LogP contribution in [0.2, 0.25) is 0 Å². The molecule has 3 N–H and O–H groups in total. The first kappa shape index (κ1) is 21.8. The summed E-state index contributed by atoms with van der Waals surface area (Å²) >= 11 is 0. The number of carbonyl (C=O) groups excluding carboxylic acids is 3. The third-order valence-corrected chi connectivity index (χ3v) is 3.80. The van der Waals surface area contributed by atoms with E-state index in [1.807, 2.05) is 34.6 Å². The lowest BCUT2D eigenvalue weighted by atomic mass is 9.78. The van der Waals surface area contributed by atoms with Crippen molar-refractivity contribution in [3.63, 3.8) is 0 Å². The van der Waals surface area contributed by atoms with E-state index in [1.165, 1.54) is 6.92 Å². The standard InChI is InChI=1S/C18H34N2O3/c1-12(2)10-15(19)16(22)11-14(17(23)18(4,5)6)8-7-9-20-13(3)21/h12,14-15H,7-11,19H2,1-6H3,(H,20,21). The van der Waals surface area contributed by atoms with Crippen molar-refractivity contribution in [2.24, 2.45) is 23.0 Å². The van der Waals surface area contributed by atoms with Gasteiger partial charge in [-0.2, -0.15) is 0 Å². The van der Waals surface area contributed by atoms with Gasteiger partial charge < -0.3 is 11.1 Å². The molecule has 0 saturated heterocycles. The van der Waals surface area contributed by atoms with E-state index in [1.54, 1.807) is 0 Å². The molecule has 0 fully saturated rings. The summed E-state index contributed by atoms with van der Waals surface area (Å²) in [5.74, 6) is -0.00932. The highest BCUT2D eigenvalue weighted by molar-refractivity contribution is 5.92. The number of rotatable bonds is 10. The minimum atomic E-state index is -0.499. The summed E-state index contributed by atoms with van der Waals surface area (Å²) in [6, 6.07) is -0.499. The molecule has 2 atom stereocenters. The van der Waals surface area contributed by atoms with E-state index in [0.29, 0.717) is 31.7 Å². The monoisotopic (exact) mass is 326 g/mol. The molecular formula is C18H34N2O3. The van der Waals surface area contributed by atoms with Gasteiger partial charge in [-0.1, -0.05) is 34.6 Å². The second kappa shape index (κ2) is 9.81. The predicted molar refractivity (Wildman–Crippen MR) is 92.9 cm³/mol.